The van der Waals surface area contributed by atoms with Gasteiger partial charge in [-0.05, 0) is 48.2 Å². The highest BCUT2D eigenvalue weighted by atomic mass is 35.5. The summed E-state index contributed by atoms with van der Waals surface area (Å²) in [6, 6.07) is 16.0. The summed E-state index contributed by atoms with van der Waals surface area (Å²) in [5.74, 6) is -3.04. The van der Waals surface area contributed by atoms with Crippen LogP contribution >= 0.6 is 23.2 Å². The average Bonchev–Trinajstić information content (AvgIpc) is 2.94. The minimum Gasteiger partial charge on any atom is -0.354 e. The first-order valence-electron chi connectivity index (χ1n) is 13.4. The van der Waals surface area contributed by atoms with E-state index in [0.29, 0.717) is 28.6 Å². The lowest BCUT2D eigenvalue weighted by Crippen LogP contribution is -2.50. The second-order valence-electron chi connectivity index (χ2n) is 9.79. The molecule has 0 aliphatic heterocycles. The average molecular weight is 641 g/mol. The molecule has 1 atom stereocenters. The second kappa shape index (κ2) is 15.3. The van der Waals surface area contributed by atoms with Crippen LogP contribution in [0, 0.1) is 11.6 Å². The normalized spacial score (nSPS) is 12.0. The van der Waals surface area contributed by atoms with Crippen molar-refractivity contribution in [3.8, 4) is 0 Å². The number of amides is 2. The fourth-order valence-corrected chi connectivity index (χ4v) is 5.82. The summed E-state index contributed by atoms with van der Waals surface area (Å²) >= 11 is 12.5. The van der Waals surface area contributed by atoms with Gasteiger partial charge in [0.1, 0.15) is 6.04 Å². The van der Waals surface area contributed by atoms with E-state index < -0.39 is 33.6 Å². The number of hydrogen-bond acceptors (Lipinski definition) is 4. The van der Waals surface area contributed by atoms with Gasteiger partial charge in [0.05, 0.1) is 11.9 Å². The van der Waals surface area contributed by atoms with Gasteiger partial charge in [-0.25, -0.2) is 17.2 Å². The maximum atomic E-state index is 13.9. The number of anilines is 1. The Labute approximate surface area is 255 Å². The molecule has 226 valence electrons. The first-order valence-corrected chi connectivity index (χ1v) is 16.0. The number of hydrogen-bond donors (Lipinski definition) is 1. The van der Waals surface area contributed by atoms with Crippen molar-refractivity contribution in [3.05, 3.63) is 99.5 Å². The fraction of sp³-hybridized carbons (Fsp3) is 0.333. The molecule has 3 rings (SSSR count). The zero-order valence-corrected chi connectivity index (χ0v) is 25.7. The van der Waals surface area contributed by atoms with Gasteiger partial charge in [-0.3, -0.25) is 13.9 Å². The monoisotopic (exact) mass is 639 g/mol. The number of carbonyl (C=O) groups is 2. The Hall–Kier alpha value is -3.21. The van der Waals surface area contributed by atoms with Crippen LogP contribution < -0.4 is 9.62 Å². The van der Waals surface area contributed by atoms with Crippen molar-refractivity contribution < 1.29 is 26.8 Å². The Morgan fingerprint density at radius 3 is 2.31 bits per heavy atom. The molecule has 1 N–H and O–H groups in total. The number of nitrogens with one attached hydrogen (secondary N) is 1. The molecule has 1 unspecified atom stereocenters. The summed E-state index contributed by atoms with van der Waals surface area (Å²) in [5.41, 5.74) is 1.36. The molecule has 42 heavy (non-hydrogen) atoms. The lowest BCUT2D eigenvalue weighted by Gasteiger charge is -2.32. The Morgan fingerprint density at radius 1 is 0.976 bits per heavy atom. The van der Waals surface area contributed by atoms with Gasteiger partial charge in [-0.1, -0.05) is 66.5 Å². The molecular weight excluding hydrogens is 607 g/mol. The van der Waals surface area contributed by atoms with E-state index in [1.54, 1.807) is 18.2 Å². The summed E-state index contributed by atoms with van der Waals surface area (Å²) in [6.45, 7) is 2.18. The summed E-state index contributed by atoms with van der Waals surface area (Å²) in [7, 11) is -3.88. The van der Waals surface area contributed by atoms with Crippen LogP contribution in [0.2, 0.25) is 10.0 Å². The van der Waals surface area contributed by atoms with E-state index in [-0.39, 0.29) is 43.9 Å². The number of benzene rings is 3. The van der Waals surface area contributed by atoms with Crippen LogP contribution in [0.25, 0.3) is 0 Å². The van der Waals surface area contributed by atoms with E-state index in [4.69, 9.17) is 23.2 Å². The van der Waals surface area contributed by atoms with Crippen molar-refractivity contribution in [1.82, 2.24) is 10.2 Å². The maximum absolute atomic E-state index is 13.9. The van der Waals surface area contributed by atoms with Crippen molar-refractivity contribution >= 4 is 50.7 Å². The van der Waals surface area contributed by atoms with Crippen molar-refractivity contribution in [2.75, 3.05) is 23.7 Å². The lowest BCUT2D eigenvalue weighted by atomic mass is 10.0. The minimum absolute atomic E-state index is 0.00481. The van der Waals surface area contributed by atoms with Crippen LogP contribution in [0.5, 0.6) is 0 Å². The molecule has 0 saturated carbocycles. The van der Waals surface area contributed by atoms with Gasteiger partial charge in [-0.2, -0.15) is 0 Å². The van der Waals surface area contributed by atoms with Gasteiger partial charge in [0, 0.05) is 48.6 Å². The molecule has 0 heterocycles. The number of sulfonamides is 1. The van der Waals surface area contributed by atoms with Crippen molar-refractivity contribution in [2.24, 2.45) is 0 Å². The van der Waals surface area contributed by atoms with Crippen LogP contribution in [0.15, 0.2) is 66.7 Å². The van der Waals surface area contributed by atoms with E-state index >= 15 is 0 Å². The third kappa shape index (κ3) is 9.40. The smallest absolute Gasteiger partial charge is 0.243 e. The molecular formula is C30H33Cl2F2N3O4S. The topological polar surface area (TPSA) is 86.8 Å². The van der Waals surface area contributed by atoms with Crippen LogP contribution in [-0.4, -0.2) is 50.5 Å². The Bertz CT molecular complexity index is 1490. The van der Waals surface area contributed by atoms with E-state index in [1.807, 2.05) is 37.3 Å². The molecule has 3 aromatic rings. The third-order valence-electron chi connectivity index (χ3n) is 6.52. The van der Waals surface area contributed by atoms with Crippen LogP contribution in [-0.2, 0) is 32.6 Å². The first-order chi connectivity index (χ1) is 19.9. The number of carbonyl (C=O) groups excluding carboxylic acids is 2. The number of nitrogens with zero attached hydrogens (tertiary/aromatic N) is 2. The molecule has 0 aliphatic carbocycles. The zero-order valence-electron chi connectivity index (χ0n) is 23.3. The van der Waals surface area contributed by atoms with E-state index in [9.17, 15) is 26.8 Å². The summed E-state index contributed by atoms with van der Waals surface area (Å²) < 4.78 is 53.2. The standard InChI is InChI=1S/C30H33Cl2F2N3O4S/c1-3-15-35-30(39)28(17-21-8-5-4-6-9-21)36(20-22-11-12-23(31)18-25(22)32)29(38)10-7-16-37(42(2,40)41)24-13-14-26(33)27(34)19-24/h4-6,8-9,11-14,18-19,28H,3,7,10,15-17,20H2,1-2H3,(H,35,39). The Balaban J connectivity index is 1.90. The van der Waals surface area contributed by atoms with Gasteiger partial charge in [0.2, 0.25) is 21.8 Å². The molecule has 0 spiro atoms. The van der Waals surface area contributed by atoms with Crippen molar-refractivity contribution in [1.29, 1.82) is 0 Å². The SMILES string of the molecule is CCCNC(=O)C(Cc1ccccc1)N(Cc1ccc(Cl)cc1Cl)C(=O)CCCN(c1ccc(F)c(F)c1)S(C)(=O)=O. The molecule has 0 aromatic heterocycles. The lowest BCUT2D eigenvalue weighted by molar-refractivity contribution is -0.141. The van der Waals surface area contributed by atoms with E-state index in [2.05, 4.69) is 5.32 Å². The van der Waals surface area contributed by atoms with Crippen LogP contribution in [0.1, 0.15) is 37.3 Å². The minimum atomic E-state index is -3.88. The zero-order chi connectivity index (χ0) is 30.9. The van der Waals surface area contributed by atoms with Gasteiger partial charge >= 0.3 is 0 Å². The molecule has 12 heteroatoms. The maximum Gasteiger partial charge on any atom is 0.243 e. The summed E-state index contributed by atoms with van der Waals surface area (Å²) in [4.78, 5) is 28.7. The van der Waals surface area contributed by atoms with E-state index in [0.717, 1.165) is 34.3 Å². The molecule has 0 fully saturated rings. The third-order valence-corrected chi connectivity index (χ3v) is 8.30. The molecule has 7 nitrogen and oxygen atoms in total. The predicted octanol–water partition coefficient (Wildman–Crippen LogP) is 5.98. The van der Waals surface area contributed by atoms with Gasteiger partial charge in [-0.15, -0.1) is 0 Å². The highest BCUT2D eigenvalue weighted by molar-refractivity contribution is 7.92. The fourth-order valence-electron chi connectivity index (χ4n) is 4.40. The molecule has 0 radical (unpaired) electrons. The van der Waals surface area contributed by atoms with Gasteiger partial charge < -0.3 is 10.2 Å². The molecule has 0 aliphatic rings. The molecule has 3 aromatic carbocycles. The highest BCUT2D eigenvalue weighted by Crippen LogP contribution is 2.25. The van der Waals surface area contributed by atoms with E-state index in [1.165, 1.54) is 4.90 Å². The molecule has 2 amide bonds. The number of rotatable bonds is 14. The quantitative estimate of drug-likeness (QED) is 0.235. The highest BCUT2D eigenvalue weighted by Gasteiger charge is 2.31. The first kappa shape index (κ1) is 33.3. The van der Waals surface area contributed by atoms with Gasteiger partial charge in [0.25, 0.3) is 0 Å². The Morgan fingerprint density at radius 2 is 1.69 bits per heavy atom. The van der Waals surface area contributed by atoms with Crippen LogP contribution in [0.4, 0.5) is 14.5 Å². The molecule has 0 bridgehead atoms. The summed E-state index contributed by atoms with van der Waals surface area (Å²) in [5, 5.41) is 3.63. The van der Waals surface area contributed by atoms with Crippen molar-refractivity contribution in [3.63, 3.8) is 0 Å². The number of halogens is 4. The largest absolute Gasteiger partial charge is 0.354 e. The second-order valence-corrected chi connectivity index (χ2v) is 12.5. The summed E-state index contributed by atoms with van der Waals surface area (Å²) in [6.07, 6.45) is 1.79. The predicted molar refractivity (Wildman–Crippen MR) is 162 cm³/mol. The molecule has 0 saturated heterocycles. The van der Waals surface area contributed by atoms with Crippen molar-refractivity contribution in [2.45, 2.75) is 45.2 Å². The Kier molecular flexibility index (Phi) is 12.1. The van der Waals surface area contributed by atoms with Crippen LogP contribution in [0.3, 0.4) is 0 Å². The van der Waals surface area contributed by atoms with Gasteiger partial charge in [0.15, 0.2) is 11.6 Å².